The summed E-state index contributed by atoms with van der Waals surface area (Å²) in [6.07, 6.45) is 1.98. The zero-order valence-corrected chi connectivity index (χ0v) is 16.8. The van der Waals surface area contributed by atoms with Crippen LogP contribution >= 0.6 is 11.6 Å². The molecule has 2 aromatic heterocycles. The molecule has 6 nitrogen and oxygen atoms in total. The van der Waals surface area contributed by atoms with E-state index >= 15 is 0 Å². The van der Waals surface area contributed by atoms with Crippen LogP contribution in [0, 0.1) is 6.92 Å². The van der Waals surface area contributed by atoms with Crippen molar-refractivity contribution < 1.29 is 4.79 Å². The van der Waals surface area contributed by atoms with Crippen LogP contribution in [0.5, 0.6) is 0 Å². The zero-order valence-electron chi connectivity index (χ0n) is 16.0. The number of carbonyl (C=O) groups is 1. The first kappa shape index (κ1) is 17.9. The Morgan fingerprint density at radius 3 is 2.72 bits per heavy atom. The van der Waals surface area contributed by atoms with E-state index in [-0.39, 0.29) is 5.91 Å². The quantitative estimate of drug-likeness (QED) is 0.519. The van der Waals surface area contributed by atoms with Crippen LogP contribution < -0.4 is 0 Å². The highest BCUT2D eigenvalue weighted by atomic mass is 35.5. The van der Waals surface area contributed by atoms with E-state index < -0.39 is 0 Å². The second-order valence-electron chi connectivity index (χ2n) is 7.42. The van der Waals surface area contributed by atoms with Crippen LogP contribution in [0.15, 0.2) is 54.7 Å². The molecule has 0 spiro atoms. The molecule has 3 heterocycles. The van der Waals surface area contributed by atoms with Crippen molar-refractivity contribution in [2.75, 3.05) is 6.54 Å². The van der Waals surface area contributed by atoms with Gasteiger partial charge in [0.2, 0.25) is 5.91 Å². The molecule has 2 aromatic carbocycles. The summed E-state index contributed by atoms with van der Waals surface area (Å²) < 4.78 is 4.09. The lowest BCUT2D eigenvalue weighted by Gasteiger charge is -2.28. The number of hydrogen-bond acceptors (Lipinski definition) is 3. The molecule has 0 saturated carbocycles. The smallest absolute Gasteiger partial charge is 0.242 e. The van der Waals surface area contributed by atoms with Gasteiger partial charge in [-0.3, -0.25) is 4.79 Å². The summed E-state index contributed by atoms with van der Waals surface area (Å²) in [4.78, 5) is 14.8. The Morgan fingerprint density at radius 1 is 1.07 bits per heavy atom. The summed E-state index contributed by atoms with van der Waals surface area (Å²) in [6.45, 7) is 4.19. The molecule has 7 heteroatoms. The van der Waals surface area contributed by atoms with Crippen molar-refractivity contribution in [3.63, 3.8) is 0 Å². The summed E-state index contributed by atoms with van der Waals surface area (Å²) in [6, 6.07) is 15.9. The average Bonchev–Trinajstić information content (AvgIpc) is 3.32. The molecule has 0 atom stereocenters. The van der Waals surface area contributed by atoms with E-state index in [1.807, 2.05) is 39.9 Å². The molecule has 0 radical (unpaired) electrons. The van der Waals surface area contributed by atoms with Crippen LogP contribution in [-0.4, -0.2) is 36.7 Å². The Labute approximate surface area is 173 Å². The molecule has 0 aliphatic carbocycles. The maximum Gasteiger partial charge on any atom is 0.242 e. The molecule has 1 aliphatic heterocycles. The fraction of sp³-hybridized carbons (Fsp3) is 0.227. The van der Waals surface area contributed by atoms with Crippen molar-refractivity contribution >= 4 is 28.4 Å². The topological polar surface area (TPSA) is 56.0 Å². The van der Waals surface area contributed by atoms with E-state index in [1.165, 1.54) is 5.56 Å². The third-order valence-electron chi connectivity index (χ3n) is 5.44. The molecule has 0 fully saturated rings. The third-order valence-corrected chi connectivity index (χ3v) is 5.69. The van der Waals surface area contributed by atoms with Crippen LogP contribution in [0.25, 0.3) is 22.3 Å². The molecule has 1 amide bonds. The maximum absolute atomic E-state index is 12.9. The SMILES string of the molecule is Cc1ccc2c(ccn2CC(=O)N2CCn3c(nnc3-c3ccc(Cl)cc3)C2)c1. The maximum atomic E-state index is 12.9. The number of nitrogens with zero attached hydrogens (tertiary/aromatic N) is 5. The van der Waals surface area contributed by atoms with Gasteiger partial charge >= 0.3 is 0 Å². The number of benzene rings is 2. The molecular weight excluding hydrogens is 386 g/mol. The molecule has 4 aromatic rings. The second kappa shape index (κ2) is 7.04. The fourth-order valence-electron chi connectivity index (χ4n) is 3.89. The minimum atomic E-state index is 0.0883. The second-order valence-corrected chi connectivity index (χ2v) is 7.86. The van der Waals surface area contributed by atoms with Crippen molar-refractivity contribution in [1.29, 1.82) is 0 Å². The highest BCUT2D eigenvalue weighted by Gasteiger charge is 2.25. The molecule has 146 valence electrons. The lowest BCUT2D eigenvalue weighted by atomic mass is 10.2. The van der Waals surface area contributed by atoms with Gasteiger partial charge in [0.1, 0.15) is 6.54 Å². The number of hydrogen-bond donors (Lipinski definition) is 0. The van der Waals surface area contributed by atoms with Gasteiger partial charge < -0.3 is 14.0 Å². The minimum Gasteiger partial charge on any atom is -0.338 e. The minimum absolute atomic E-state index is 0.0883. The van der Waals surface area contributed by atoms with Gasteiger partial charge in [-0.2, -0.15) is 0 Å². The van der Waals surface area contributed by atoms with Crippen LogP contribution in [0.4, 0.5) is 0 Å². The first-order valence-electron chi connectivity index (χ1n) is 9.60. The van der Waals surface area contributed by atoms with Gasteiger partial charge in [0, 0.05) is 35.4 Å². The summed E-state index contributed by atoms with van der Waals surface area (Å²) in [7, 11) is 0. The van der Waals surface area contributed by atoms with Crippen LogP contribution in [0.2, 0.25) is 5.02 Å². The number of rotatable bonds is 3. The van der Waals surface area contributed by atoms with Crippen molar-refractivity contribution in [2.24, 2.45) is 0 Å². The third kappa shape index (κ3) is 3.29. The molecule has 0 bridgehead atoms. The fourth-order valence-corrected chi connectivity index (χ4v) is 4.01. The Bertz CT molecular complexity index is 1210. The van der Waals surface area contributed by atoms with Crippen LogP contribution in [0.1, 0.15) is 11.4 Å². The first-order valence-corrected chi connectivity index (χ1v) is 9.97. The van der Waals surface area contributed by atoms with Crippen molar-refractivity contribution in [1.82, 2.24) is 24.2 Å². The van der Waals surface area contributed by atoms with E-state index in [0.29, 0.717) is 31.2 Å². The highest BCUT2D eigenvalue weighted by Crippen LogP contribution is 2.24. The molecular formula is C22H20ClN5O. The summed E-state index contributed by atoms with van der Waals surface area (Å²) in [5, 5.41) is 10.5. The molecule has 5 rings (SSSR count). The largest absolute Gasteiger partial charge is 0.338 e. The number of aryl methyl sites for hydroxylation is 1. The van der Waals surface area contributed by atoms with Gasteiger partial charge in [-0.05, 0) is 54.8 Å². The first-order chi connectivity index (χ1) is 14.1. The van der Waals surface area contributed by atoms with Gasteiger partial charge in [-0.25, -0.2) is 0 Å². The molecule has 29 heavy (non-hydrogen) atoms. The lowest BCUT2D eigenvalue weighted by molar-refractivity contribution is -0.133. The number of halogens is 1. The van der Waals surface area contributed by atoms with Gasteiger partial charge in [-0.1, -0.05) is 23.2 Å². The molecule has 0 N–H and O–H groups in total. The predicted octanol–water partition coefficient (Wildman–Crippen LogP) is 3.90. The summed E-state index contributed by atoms with van der Waals surface area (Å²) in [5.41, 5.74) is 3.27. The Balaban J connectivity index is 1.34. The Kier molecular flexibility index (Phi) is 4.36. The van der Waals surface area contributed by atoms with Crippen molar-refractivity contribution in [3.8, 4) is 11.4 Å². The van der Waals surface area contributed by atoms with Gasteiger partial charge in [0.15, 0.2) is 11.6 Å². The van der Waals surface area contributed by atoms with E-state index in [4.69, 9.17) is 11.6 Å². The van der Waals surface area contributed by atoms with E-state index in [2.05, 4.69) is 46.0 Å². The standard InChI is InChI=1S/C22H20ClN5O/c1-15-2-7-19-17(12-15)8-9-26(19)14-21(29)27-10-11-28-20(13-27)24-25-22(28)16-3-5-18(23)6-4-16/h2-9,12H,10-11,13-14H2,1H3. The number of amides is 1. The van der Waals surface area contributed by atoms with E-state index in [9.17, 15) is 4.79 Å². The highest BCUT2D eigenvalue weighted by molar-refractivity contribution is 6.30. The molecule has 0 unspecified atom stereocenters. The lowest BCUT2D eigenvalue weighted by Crippen LogP contribution is -2.40. The van der Waals surface area contributed by atoms with Gasteiger partial charge in [0.05, 0.1) is 6.54 Å². The van der Waals surface area contributed by atoms with Gasteiger partial charge in [0.25, 0.3) is 0 Å². The summed E-state index contributed by atoms with van der Waals surface area (Å²) in [5.74, 6) is 1.71. The van der Waals surface area contributed by atoms with Crippen molar-refractivity contribution in [2.45, 2.75) is 26.6 Å². The number of aromatic nitrogens is 4. The van der Waals surface area contributed by atoms with Crippen molar-refractivity contribution in [3.05, 3.63) is 71.1 Å². The normalized spacial score (nSPS) is 13.7. The molecule has 1 aliphatic rings. The Morgan fingerprint density at radius 2 is 1.90 bits per heavy atom. The number of carbonyl (C=O) groups excluding carboxylic acids is 1. The van der Waals surface area contributed by atoms with E-state index in [1.54, 1.807) is 0 Å². The predicted molar refractivity (Wildman–Crippen MR) is 113 cm³/mol. The van der Waals surface area contributed by atoms with E-state index in [0.717, 1.165) is 28.1 Å². The van der Waals surface area contributed by atoms with Crippen LogP contribution in [0.3, 0.4) is 0 Å². The zero-order chi connectivity index (χ0) is 20.0. The Hall–Kier alpha value is -3.12. The average molecular weight is 406 g/mol. The number of fused-ring (bicyclic) bond motifs is 2. The summed E-state index contributed by atoms with van der Waals surface area (Å²) >= 11 is 5.98. The van der Waals surface area contributed by atoms with Gasteiger partial charge in [-0.15, -0.1) is 10.2 Å². The monoisotopic (exact) mass is 405 g/mol. The molecule has 0 saturated heterocycles. The van der Waals surface area contributed by atoms with Crippen LogP contribution in [-0.2, 0) is 24.4 Å².